The van der Waals surface area contributed by atoms with E-state index in [9.17, 15) is 10.1 Å². The summed E-state index contributed by atoms with van der Waals surface area (Å²) in [5.41, 5.74) is 2.71. The van der Waals surface area contributed by atoms with E-state index in [1.807, 2.05) is 13.0 Å². The van der Waals surface area contributed by atoms with Crippen LogP contribution < -0.4 is 10.1 Å². The SMILES string of the molecule is COc1ccc(CNc2cc([N+](=O)[O-])ccc2C)cc1Cl. The first kappa shape index (κ1) is 15.1. The predicted molar refractivity (Wildman–Crippen MR) is 83.2 cm³/mol. The zero-order chi connectivity index (χ0) is 15.4. The second-order valence-electron chi connectivity index (χ2n) is 4.58. The Kier molecular flexibility index (Phi) is 4.65. The molecule has 0 fully saturated rings. The molecule has 0 unspecified atom stereocenters. The first-order valence-corrected chi connectivity index (χ1v) is 6.70. The van der Waals surface area contributed by atoms with E-state index in [1.165, 1.54) is 12.1 Å². The highest BCUT2D eigenvalue weighted by molar-refractivity contribution is 6.32. The van der Waals surface area contributed by atoms with Gasteiger partial charge < -0.3 is 10.1 Å². The average molecular weight is 307 g/mol. The third-order valence-electron chi connectivity index (χ3n) is 3.13. The van der Waals surface area contributed by atoms with E-state index < -0.39 is 4.92 Å². The van der Waals surface area contributed by atoms with Crippen molar-refractivity contribution >= 4 is 23.0 Å². The maximum Gasteiger partial charge on any atom is 0.271 e. The van der Waals surface area contributed by atoms with E-state index in [2.05, 4.69) is 5.32 Å². The van der Waals surface area contributed by atoms with Crippen LogP contribution in [0.4, 0.5) is 11.4 Å². The molecule has 0 heterocycles. The Labute approximate surface area is 127 Å². The summed E-state index contributed by atoms with van der Waals surface area (Å²) >= 11 is 6.07. The van der Waals surface area contributed by atoms with Gasteiger partial charge in [0.25, 0.3) is 5.69 Å². The first-order valence-electron chi connectivity index (χ1n) is 6.32. The van der Waals surface area contributed by atoms with Gasteiger partial charge in [0.1, 0.15) is 5.75 Å². The van der Waals surface area contributed by atoms with Gasteiger partial charge in [0.15, 0.2) is 0 Å². The monoisotopic (exact) mass is 306 g/mol. The van der Waals surface area contributed by atoms with Crippen LogP contribution in [0.1, 0.15) is 11.1 Å². The zero-order valence-electron chi connectivity index (χ0n) is 11.7. The number of nitrogens with zero attached hydrogens (tertiary/aromatic N) is 1. The van der Waals surface area contributed by atoms with E-state index in [-0.39, 0.29) is 5.69 Å². The lowest BCUT2D eigenvalue weighted by Gasteiger charge is -2.10. The Morgan fingerprint density at radius 3 is 2.67 bits per heavy atom. The molecule has 0 atom stereocenters. The van der Waals surface area contributed by atoms with Crippen LogP contribution >= 0.6 is 11.6 Å². The molecule has 0 radical (unpaired) electrons. The summed E-state index contributed by atoms with van der Waals surface area (Å²) in [6.07, 6.45) is 0. The van der Waals surface area contributed by atoms with Gasteiger partial charge in [-0.25, -0.2) is 0 Å². The van der Waals surface area contributed by atoms with Crippen molar-refractivity contribution in [2.75, 3.05) is 12.4 Å². The summed E-state index contributed by atoms with van der Waals surface area (Å²) in [5.74, 6) is 0.618. The molecule has 0 amide bonds. The molecule has 110 valence electrons. The smallest absolute Gasteiger partial charge is 0.271 e. The molecule has 0 aromatic heterocycles. The second-order valence-corrected chi connectivity index (χ2v) is 4.99. The number of hydrogen-bond donors (Lipinski definition) is 1. The van der Waals surface area contributed by atoms with Crippen molar-refractivity contribution < 1.29 is 9.66 Å². The molecule has 0 spiro atoms. The zero-order valence-corrected chi connectivity index (χ0v) is 12.5. The van der Waals surface area contributed by atoms with Crippen LogP contribution in [-0.2, 0) is 6.54 Å². The number of nitro benzene ring substituents is 1. The molecule has 2 aromatic carbocycles. The number of hydrogen-bond acceptors (Lipinski definition) is 4. The van der Waals surface area contributed by atoms with Crippen LogP contribution in [0.2, 0.25) is 5.02 Å². The van der Waals surface area contributed by atoms with Crippen LogP contribution in [0, 0.1) is 17.0 Å². The summed E-state index contributed by atoms with van der Waals surface area (Å²) < 4.78 is 5.10. The fourth-order valence-corrected chi connectivity index (χ4v) is 2.21. The first-order chi connectivity index (χ1) is 10.0. The Hall–Kier alpha value is -2.27. The van der Waals surface area contributed by atoms with Crippen molar-refractivity contribution in [3.63, 3.8) is 0 Å². The Morgan fingerprint density at radius 2 is 2.05 bits per heavy atom. The van der Waals surface area contributed by atoms with Gasteiger partial charge in [-0.15, -0.1) is 0 Å². The summed E-state index contributed by atoms with van der Waals surface area (Å²) in [7, 11) is 1.56. The number of nitro groups is 1. The standard InChI is InChI=1S/C15H15ClN2O3/c1-10-3-5-12(18(19)20)8-14(10)17-9-11-4-6-15(21-2)13(16)7-11/h3-8,17H,9H2,1-2H3. The number of nitrogens with one attached hydrogen (secondary N) is 1. The van der Waals surface area contributed by atoms with Crippen molar-refractivity contribution in [1.29, 1.82) is 0 Å². The van der Waals surface area contributed by atoms with Crippen molar-refractivity contribution in [3.8, 4) is 5.75 Å². The van der Waals surface area contributed by atoms with Crippen LogP contribution in [-0.4, -0.2) is 12.0 Å². The minimum atomic E-state index is -0.408. The Balaban J connectivity index is 2.14. The van der Waals surface area contributed by atoms with Crippen molar-refractivity contribution in [3.05, 3.63) is 62.7 Å². The largest absolute Gasteiger partial charge is 0.495 e. The van der Waals surface area contributed by atoms with E-state index in [0.717, 1.165) is 16.8 Å². The van der Waals surface area contributed by atoms with E-state index in [0.29, 0.717) is 17.3 Å². The van der Waals surface area contributed by atoms with Gasteiger partial charge in [-0.05, 0) is 30.2 Å². The summed E-state index contributed by atoms with van der Waals surface area (Å²) in [6, 6.07) is 10.2. The number of ether oxygens (including phenoxy) is 1. The molecule has 0 aliphatic carbocycles. The Bertz CT molecular complexity index is 674. The molecule has 0 saturated carbocycles. The van der Waals surface area contributed by atoms with Crippen LogP contribution in [0.15, 0.2) is 36.4 Å². The minimum absolute atomic E-state index is 0.0656. The third kappa shape index (κ3) is 3.64. The maximum absolute atomic E-state index is 10.8. The summed E-state index contributed by atoms with van der Waals surface area (Å²) in [4.78, 5) is 10.4. The van der Waals surface area contributed by atoms with Crippen molar-refractivity contribution in [1.82, 2.24) is 0 Å². The molecule has 2 rings (SSSR count). The normalized spacial score (nSPS) is 10.2. The molecule has 0 aliphatic heterocycles. The van der Waals surface area contributed by atoms with Crippen molar-refractivity contribution in [2.45, 2.75) is 13.5 Å². The lowest BCUT2D eigenvalue weighted by atomic mass is 10.1. The van der Waals surface area contributed by atoms with E-state index >= 15 is 0 Å². The minimum Gasteiger partial charge on any atom is -0.495 e. The number of benzene rings is 2. The number of methoxy groups -OCH3 is 1. The molecule has 0 aliphatic rings. The lowest BCUT2D eigenvalue weighted by molar-refractivity contribution is -0.384. The molecule has 5 nitrogen and oxygen atoms in total. The molecular weight excluding hydrogens is 292 g/mol. The number of anilines is 1. The van der Waals surface area contributed by atoms with Gasteiger partial charge in [-0.2, -0.15) is 0 Å². The highest BCUT2D eigenvalue weighted by atomic mass is 35.5. The van der Waals surface area contributed by atoms with E-state index in [1.54, 1.807) is 25.3 Å². The van der Waals surface area contributed by atoms with Gasteiger partial charge in [0.2, 0.25) is 0 Å². The fourth-order valence-electron chi connectivity index (χ4n) is 1.93. The van der Waals surface area contributed by atoms with E-state index in [4.69, 9.17) is 16.3 Å². The molecule has 21 heavy (non-hydrogen) atoms. The van der Waals surface area contributed by atoms with Crippen LogP contribution in [0.25, 0.3) is 0 Å². The summed E-state index contributed by atoms with van der Waals surface area (Å²) in [6.45, 7) is 2.42. The number of aryl methyl sites for hydroxylation is 1. The number of halogens is 1. The molecule has 1 N–H and O–H groups in total. The van der Waals surface area contributed by atoms with Gasteiger partial charge >= 0.3 is 0 Å². The molecule has 2 aromatic rings. The van der Waals surface area contributed by atoms with Gasteiger partial charge in [0, 0.05) is 24.4 Å². The quantitative estimate of drug-likeness (QED) is 0.665. The molecular formula is C15H15ClN2O3. The molecule has 0 bridgehead atoms. The number of non-ortho nitro benzene ring substituents is 1. The number of rotatable bonds is 5. The Morgan fingerprint density at radius 1 is 1.29 bits per heavy atom. The van der Waals surface area contributed by atoms with Crippen molar-refractivity contribution in [2.24, 2.45) is 0 Å². The second kappa shape index (κ2) is 6.45. The molecule has 0 saturated heterocycles. The maximum atomic E-state index is 10.8. The highest BCUT2D eigenvalue weighted by Crippen LogP contribution is 2.26. The topological polar surface area (TPSA) is 64.4 Å². The van der Waals surface area contributed by atoms with Crippen LogP contribution in [0.3, 0.4) is 0 Å². The fraction of sp³-hybridized carbons (Fsp3) is 0.200. The highest BCUT2D eigenvalue weighted by Gasteiger charge is 2.09. The van der Waals surface area contributed by atoms with Gasteiger partial charge in [0.05, 0.1) is 17.1 Å². The van der Waals surface area contributed by atoms with Crippen LogP contribution in [0.5, 0.6) is 5.75 Å². The summed E-state index contributed by atoms with van der Waals surface area (Å²) in [5, 5.41) is 14.5. The lowest BCUT2D eigenvalue weighted by Crippen LogP contribution is -2.02. The predicted octanol–water partition coefficient (Wildman–Crippen LogP) is 4.18. The average Bonchev–Trinajstić information content (AvgIpc) is 2.46. The van der Waals surface area contributed by atoms with Gasteiger partial charge in [-0.3, -0.25) is 10.1 Å². The van der Waals surface area contributed by atoms with Gasteiger partial charge in [-0.1, -0.05) is 23.7 Å². The third-order valence-corrected chi connectivity index (χ3v) is 3.43. The molecule has 6 heteroatoms.